The van der Waals surface area contributed by atoms with Gasteiger partial charge in [0.05, 0.1) is 23.0 Å². The van der Waals surface area contributed by atoms with Gasteiger partial charge >= 0.3 is 6.09 Å². The minimum atomic E-state index is -1.15. The lowest BCUT2D eigenvalue weighted by molar-refractivity contribution is -0.209. The standard InChI is InChI=1S/C24H24F2N6O3/c1-13-4-5-15(25)8-17(13)14(2)35-22(34)29-20-19(30-31-32(20)3)18-7-6-16(9-27-18)28-21(33)23-10-24(26,11-23)12-23/h4-9,14H,10-12H2,1-3H3,(H,28,33)(H,29,34)/t14-,23?,24?/m1/s1. The van der Waals surface area contributed by atoms with Gasteiger partial charge in [-0.1, -0.05) is 11.3 Å². The van der Waals surface area contributed by atoms with Crippen LogP contribution in [0.4, 0.5) is 25.1 Å². The van der Waals surface area contributed by atoms with Crippen molar-refractivity contribution in [2.75, 3.05) is 10.6 Å². The molecule has 3 aromatic rings. The van der Waals surface area contributed by atoms with Crippen LogP contribution in [0.5, 0.6) is 0 Å². The minimum Gasteiger partial charge on any atom is -0.441 e. The maximum atomic E-state index is 13.7. The fraction of sp³-hybridized carbons (Fsp3) is 0.375. The minimum absolute atomic E-state index is 0.196. The van der Waals surface area contributed by atoms with Gasteiger partial charge in [-0.2, -0.15) is 0 Å². The van der Waals surface area contributed by atoms with Crippen LogP contribution < -0.4 is 10.6 Å². The number of benzene rings is 1. The van der Waals surface area contributed by atoms with Crippen LogP contribution in [-0.2, 0) is 16.6 Å². The van der Waals surface area contributed by atoms with Crippen LogP contribution >= 0.6 is 0 Å². The van der Waals surface area contributed by atoms with E-state index in [0.717, 1.165) is 5.56 Å². The number of alkyl halides is 1. The van der Waals surface area contributed by atoms with Crippen molar-refractivity contribution < 1.29 is 23.1 Å². The number of ether oxygens (including phenoxy) is 1. The van der Waals surface area contributed by atoms with E-state index >= 15 is 0 Å². The third-order valence-electron chi connectivity index (χ3n) is 6.72. The van der Waals surface area contributed by atoms with Crippen molar-refractivity contribution in [3.05, 3.63) is 53.5 Å². The zero-order valence-electron chi connectivity index (χ0n) is 19.4. The summed E-state index contributed by atoms with van der Waals surface area (Å²) in [6.07, 6.45) is 0.846. The molecular formula is C24H24F2N6O3. The molecule has 2 bridgehead atoms. The Morgan fingerprint density at radius 1 is 1.17 bits per heavy atom. The second-order valence-electron chi connectivity index (χ2n) is 9.43. The first-order chi connectivity index (χ1) is 16.6. The van der Waals surface area contributed by atoms with Crippen molar-refractivity contribution in [1.29, 1.82) is 0 Å². The fourth-order valence-corrected chi connectivity index (χ4v) is 4.85. The highest BCUT2D eigenvalue weighted by atomic mass is 19.1. The molecule has 2 amide bonds. The molecule has 1 aromatic carbocycles. The van der Waals surface area contributed by atoms with Gasteiger partial charge < -0.3 is 10.1 Å². The maximum Gasteiger partial charge on any atom is 0.413 e. The molecule has 0 spiro atoms. The molecule has 0 saturated heterocycles. The molecule has 3 saturated carbocycles. The molecule has 11 heteroatoms. The van der Waals surface area contributed by atoms with Gasteiger partial charge in [0, 0.05) is 7.05 Å². The van der Waals surface area contributed by atoms with Gasteiger partial charge in [0.1, 0.15) is 17.6 Å². The summed E-state index contributed by atoms with van der Waals surface area (Å²) in [5, 5.41) is 13.4. The number of nitrogens with zero attached hydrogens (tertiary/aromatic N) is 4. The third-order valence-corrected chi connectivity index (χ3v) is 6.72. The zero-order valence-corrected chi connectivity index (χ0v) is 19.4. The van der Waals surface area contributed by atoms with E-state index in [1.54, 1.807) is 39.1 Å². The van der Waals surface area contributed by atoms with Crippen molar-refractivity contribution in [3.63, 3.8) is 0 Å². The molecule has 182 valence electrons. The molecule has 0 radical (unpaired) electrons. The molecule has 2 aromatic heterocycles. The van der Waals surface area contributed by atoms with Gasteiger partial charge in [-0.3, -0.25) is 15.1 Å². The van der Waals surface area contributed by atoms with Crippen LogP contribution in [0, 0.1) is 18.2 Å². The normalized spacial score (nSPS) is 23.0. The van der Waals surface area contributed by atoms with E-state index in [4.69, 9.17) is 4.74 Å². The number of aromatic nitrogens is 4. The first-order valence-electron chi connectivity index (χ1n) is 11.2. The SMILES string of the molecule is Cc1ccc(F)cc1[C@@H](C)OC(=O)Nc1c(-c2ccc(NC(=O)C34CC(F)(C3)C4)cn2)nnn1C. The van der Waals surface area contributed by atoms with E-state index in [1.807, 2.05) is 0 Å². The predicted octanol–water partition coefficient (Wildman–Crippen LogP) is 4.47. The van der Waals surface area contributed by atoms with Crippen LogP contribution in [0.1, 0.15) is 43.4 Å². The monoisotopic (exact) mass is 482 g/mol. The molecular weight excluding hydrogens is 458 g/mol. The van der Waals surface area contributed by atoms with Crippen molar-refractivity contribution in [3.8, 4) is 11.4 Å². The summed E-state index contributed by atoms with van der Waals surface area (Å²) >= 11 is 0. The first kappa shape index (κ1) is 22.9. The van der Waals surface area contributed by atoms with Gasteiger partial charge in [0.15, 0.2) is 11.5 Å². The molecule has 3 aliphatic carbocycles. The average molecular weight is 482 g/mol. The summed E-state index contributed by atoms with van der Waals surface area (Å²) in [5.74, 6) is -0.357. The summed E-state index contributed by atoms with van der Waals surface area (Å²) in [5.41, 5.74) is 0.811. The first-order valence-corrected chi connectivity index (χ1v) is 11.2. The average Bonchev–Trinajstić information content (AvgIpc) is 3.12. The quantitative estimate of drug-likeness (QED) is 0.537. The fourth-order valence-electron chi connectivity index (χ4n) is 4.85. The highest BCUT2D eigenvalue weighted by Crippen LogP contribution is 2.69. The number of anilines is 2. The Kier molecular flexibility index (Phi) is 5.30. The number of pyridine rings is 1. The Labute approximate surface area is 199 Å². The number of aryl methyl sites for hydroxylation is 2. The molecule has 9 nitrogen and oxygen atoms in total. The lowest BCUT2D eigenvalue weighted by Crippen LogP contribution is -2.68. The van der Waals surface area contributed by atoms with E-state index < -0.39 is 29.1 Å². The number of rotatable bonds is 6. The third kappa shape index (κ3) is 4.11. The Morgan fingerprint density at radius 2 is 1.91 bits per heavy atom. The van der Waals surface area contributed by atoms with Crippen LogP contribution in [0.3, 0.4) is 0 Å². The zero-order chi connectivity index (χ0) is 25.0. The number of carbonyl (C=O) groups excluding carboxylic acids is 2. The highest BCUT2D eigenvalue weighted by molar-refractivity contribution is 5.98. The smallest absolute Gasteiger partial charge is 0.413 e. The Bertz CT molecular complexity index is 1300. The summed E-state index contributed by atoms with van der Waals surface area (Å²) in [6, 6.07) is 7.58. The molecule has 2 heterocycles. The molecule has 0 aliphatic heterocycles. The van der Waals surface area contributed by atoms with E-state index in [1.165, 1.54) is 23.0 Å². The van der Waals surface area contributed by atoms with Crippen LogP contribution in [0.2, 0.25) is 0 Å². The van der Waals surface area contributed by atoms with E-state index in [2.05, 4.69) is 25.9 Å². The topological polar surface area (TPSA) is 111 Å². The van der Waals surface area contributed by atoms with Gasteiger partial charge in [-0.05, 0) is 68.5 Å². The Morgan fingerprint density at radius 3 is 2.57 bits per heavy atom. The van der Waals surface area contributed by atoms with Gasteiger partial charge in [0.25, 0.3) is 0 Å². The maximum absolute atomic E-state index is 13.7. The Hall–Kier alpha value is -3.89. The number of nitrogens with one attached hydrogen (secondary N) is 2. The second kappa shape index (κ2) is 8.10. The summed E-state index contributed by atoms with van der Waals surface area (Å²) in [6.45, 7) is 3.46. The van der Waals surface area contributed by atoms with Gasteiger partial charge in [-0.15, -0.1) is 5.10 Å². The van der Waals surface area contributed by atoms with Crippen LogP contribution in [-0.4, -0.2) is 37.6 Å². The van der Waals surface area contributed by atoms with Gasteiger partial charge in [0.2, 0.25) is 5.91 Å². The van der Waals surface area contributed by atoms with Crippen molar-refractivity contribution in [1.82, 2.24) is 20.0 Å². The van der Waals surface area contributed by atoms with Crippen LogP contribution in [0.25, 0.3) is 11.4 Å². The number of hydrogen-bond acceptors (Lipinski definition) is 6. The van der Waals surface area contributed by atoms with E-state index in [9.17, 15) is 18.4 Å². The van der Waals surface area contributed by atoms with Gasteiger partial charge in [-0.25, -0.2) is 18.3 Å². The highest BCUT2D eigenvalue weighted by Gasteiger charge is 2.72. The number of amides is 2. The summed E-state index contributed by atoms with van der Waals surface area (Å²) in [4.78, 5) is 29.3. The lowest BCUT2D eigenvalue weighted by atomic mass is 9.42. The number of carbonyl (C=O) groups is 2. The van der Waals surface area contributed by atoms with E-state index in [0.29, 0.717) is 22.6 Å². The van der Waals surface area contributed by atoms with Crippen LogP contribution in [0.15, 0.2) is 36.5 Å². The molecule has 35 heavy (non-hydrogen) atoms. The van der Waals surface area contributed by atoms with Crippen molar-refractivity contribution in [2.24, 2.45) is 12.5 Å². The molecule has 1 atom stereocenters. The summed E-state index contributed by atoms with van der Waals surface area (Å²) in [7, 11) is 1.60. The molecule has 3 aliphatic rings. The molecule has 3 fully saturated rings. The van der Waals surface area contributed by atoms with E-state index in [-0.39, 0.29) is 31.0 Å². The predicted molar refractivity (Wildman–Crippen MR) is 123 cm³/mol. The summed E-state index contributed by atoms with van der Waals surface area (Å²) < 4.78 is 34.1. The molecule has 0 unspecified atom stereocenters. The Balaban J connectivity index is 1.25. The lowest BCUT2D eigenvalue weighted by Gasteiger charge is -2.64. The van der Waals surface area contributed by atoms with Crippen molar-refractivity contribution in [2.45, 2.75) is 44.9 Å². The number of hydrogen-bond donors (Lipinski definition) is 2. The molecule has 6 rings (SSSR count). The second-order valence-corrected chi connectivity index (χ2v) is 9.43. The number of halogens is 2. The largest absolute Gasteiger partial charge is 0.441 e. The molecule has 2 N–H and O–H groups in total. The van der Waals surface area contributed by atoms with Crippen molar-refractivity contribution >= 4 is 23.5 Å².